The van der Waals surface area contributed by atoms with Gasteiger partial charge in [-0.05, 0) is 64.8 Å². The summed E-state index contributed by atoms with van der Waals surface area (Å²) in [4.78, 5) is 32.1. The lowest BCUT2D eigenvalue weighted by Crippen LogP contribution is -2.31. The van der Waals surface area contributed by atoms with Crippen LogP contribution in [0.3, 0.4) is 0 Å². The quantitative estimate of drug-likeness (QED) is 0.625. The number of rotatable bonds is 6. The molecule has 0 saturated heterocycles. The third-order valence-electron chi connectivity index (χ3n) is 5.77. The van der Waals surface area contributed by atoms with Gasteiger partial charge in [0.1, 0.15) is 11.8 Å². The Bertz CT molecular complexity index is 1030. The van der Waals surface area contributed by atoms with Crippen LogP contribution in [0, 0.1) is 5.92 Å². The molecule has 0 radical (unpaired) electrons. The first-order valence-electron chi connectivity index (χ1n) is 10.5. The molecule has 0 aromatic carbocycles. The normalized spacial score (nSPS) is 19.2. The molecular formula is C23H28N6O. The monoisotopic (exact) mass is 404 g/mol. The van der Waals surface area contributed by atoms with Crippen LogP contribution in [0.4, 0.5) is 5.69 Å². The van der Waals surface area contributed by atoms with Crippen molar-refractivity contribution in [1.82, 2.24) is 24.8 Å². The molecule has 30 heavy (non-hydrogen) atoms. The maximum atomic E-state index is 12.3. The Morgan fingerprint density at radius 3 is 2.50 bits per heavy atom. The van der Waals surface area contributed by atoms with E-state index in [-0.39, 0.29) is 5.78 Å². The highest BCUT2D eigenvalue weighted by molar-refractivity contribution is 6.06. The van der Waals surface area contributed by atoms with Crippen molar-refractivity contribution in [3.8, 4) is 11.3 Å². The van der Waals surface area contributed by atoms with Crippen LogP contribution in [0.1, 0.15) is 43.0 Å². The third kappa shape index (κ3) is 4.46. The number of hydrogen-bond acceptors (Lipinski definition) is 7. The molecule has 0 atom stereocenters. The van der Waals surface area contributed by atoms with E-state index in [0.29, 0.717) is 11.6 Å². The highest BCUT2D eigenvalue weighted by Crippen LogP contribution is 2.32. The molecule has 1 fully saturated rings. The molecule has 0 amide bonds. The number of aromatic nitrogens is 4. The van der Waals surface area contributed by atoms with Gasteiger partial charge in [0.05, 0.1) is 22.5 Å². The van der Waals surface area contributed by atoms with E-state index in [0.717, 1.165) is 53.3 Å². The third-order valence-corrected chi connectivity index (χ3v) is 5.77. The second-order valence-electron chi connectivity index (χ2n) is 8.42. The SMILES string of the molecule is CC(=O)c1cnc2ccc(-c3cncnc3)nc2c1NC1CCC(CN(C)C)CC1. The van der Waals surface area contributed by atoms with Gasteiger partial charge in [0.15, 0.2) is 5.78 Å². The van der Waals surface area contributed by atoms with Crippen molar-refractivity contribution < 1.29 is 4.79 Å². The molecule has 1 aliphatic rings. The maximum Gasteiger partial charge on any atom is 0.163 e. The molecule has 3 aromatic rings. The fourth-order valence-corrected chi connectivity index (χ4v) is 4.28. The van der Waals surface area contributed by atoms with Crippen molar-refractivity contribution in [2.75, 3.05) is 26.0 Å². The molecule has 3 heterocycles. The summed E-state index contributed by atoms with van der Waals surface area (Å²) in [5, 5.41) is 3.66. The van der Waals surface area contributed by atoms with Gasteiger partial charge in [-0.25, -0.2) is 15.0 Å². The van der Waals surface area contributed by atoms with E-state index in [9.17, 15) is 4.79 Å². The number of fused-ring (bicyclic) bond motifs is 1. The molecule has 1 saturated carbocycles. The number of nitrogens with one attached hydrogen (secondary N) is 1. The van der Waals surface area contributed by atoms with Gasteiger partial charge in [-0.2, -0.15) is 0 Å². The lowest BCUT2D eigenvalue weighted by molar-refractivity contribution is 0.101. The average Bonchev–Trinajstić information content (AvgIpc) is 2.75. The number of Topliss-reactive ketones (excluding diaryl/α,β-unsaturated/α-hetero) is 1. The Hall–Kier alpha value is -2.93. The standard InChI is InChI=1S/C23H28N6O/c1-15(30)19-12-26-21-9-8-20(17-10-24-14-25-11-17)28-23(21)22(19)27-18-6-4-16(5-7-18)13-29(2)3/h8-12,14,16,18H,4-7,13H2,1-3H3,(H,26,27). The summed E-state index contributed by atoms with van der Waals surface area (Å²) in [5.41, 5.74) is 4.48. The van der Waals surface area contributed by atoms with Crippen LogP contribution >= 0.6 is 0 Å². The molecule has 1 N–H and O–H groups in total. The fourth-order valence-electron chi connectivity index (χ4n) is 4.28. The number of nitrogens with zero attached hydrogens (tertiary/aromatic N) is 5. The second kappa shape index (κ2) is 8.83. The van der Waals surface area contributed by atoms with Crippen LogP contribution in [-0.2, 0) is 0 Å². The lowest BCUT2D eigenvalue weighted by Gasteiger charge is -2.31. The molecular weight excluding hydrogens is 376 g/mol. The summed E-state index contributed by atoms with van der Waals surface area (Å²) in [5.74, 6) is 0.728. The molecule has 1 aliphatic carbocycles. The molecule has 4 rings (SSSR count). The van der Waals surface area contributed by atoms with Crippen LogP contribution in [-0.4, -0.2) is 57.3 Å². The van der Waals surface area contributed by atoms with Crippen molar-refractivity contribution in [1.29, 1.82) is 0 Å². The van der Waals surface area contributed by atoms with Crippen LogP contribution in [0.5, 0.6) is 0 Å². The van der Waals surface area contributed by atoms with Crippen molar-refractivity contribution in [3.63, 3.8) is 0 Å². The Morgan fingerprint density at radius 2 is 1.83 bits per heavy atom. The highest BCUT2D eigenvalue weighted by atomic mass is 16.1. The summed E-state index contributed by atoms with van der Waals surface area (Å²) in [6.45, 7) is 2.71. The largest absolute Gasteiger partial charge is 0.380 e. The minimum absolute atomic E-state index is 0.0107. The fraction of sp³-hybridized carbons (Fsp3) is 0.435. The topological polar surface area (TPSA) is 83.9 Å². The minimum Gasteiger partial charge on any atom is -0.380 e. The molecule has 0 spiro atoms. The van der Waals surface area contributed by atoms with Gasteiger partial charge in [-0.3, -0.25) is 9.78 Å². The van der Waals surface area contributed by atoms with Crippen molar-refractivity contribution in [3.05, 3.63) is 42.6 Å². The Kier molecular flexibility index (Phi) is 5.99. The highest BCUT2D eigenvalue weighted by Gasteiger charge is 2.24. The number of anilines is 1. The molecule has 156 valence electrons. The first-order valence-corrected chi connectivity index (χ1v) is 10.5. The molecule has 7 heteroatoms. The van der Waals surface area contributed by atoms with E-state index in [1.807, 2.05) is 12.1 Å². The first kappa shape index (κ1) is 20.3. The Morgan fingerprint density at radius 1 is 1.10 bits per heavy atom. The van der Waals surface area contributed by atoms with Crippen molar-refractivity contribution in [2.24, 2.45) is 5.92 Å². The number of ketones is 1. The maximum absolute atomic E-state index is 12.3. The molecule has 0 bridgehead atoms. The van der Waals surface area contributed by atoms with Gasteiger partial charge in [-0.15, -0.1) is 0 Å². The number of hydrogen-bond donors (Lipinski definition) is 1. The number of pyridine rings is 2. The van der Waals surface area contributed by atoms with E-state index < -0.39 is 0 Å². The van der Waals surface area contributed by atoms with Crippen molar-refractivity contribution >= 4 is 22.5 Å². The zero-order valence-electron chi connectivity index (χ0n) is 17.8. The van der Waals surface area contributed by atoms with E-state index >= 15 is 0 Å². The predicted molar refractivity (Wildman–Crippen MR) is 118 cm³/mol. The van der Waals surface area contributed by atoms with Gasteiger partial charge in [0.2, 0.25) is 0 Å². The van der Waals surface area contributed by atoms with Gasteiger partial charge < -0.3 is 10.2 Å². The summed E-state index contributed by atoms with van der Waals surface area (Å²) < 4.78 is 0. The Balaban J connectivity index is 1.66. The summed E-state index contributed by atoms with van der Waals surface area (Å²) in [6.07, 6.45) is 11.2. The van der Waals surface area contributed by atoms with Gasteiger partial charge in [-0.1, -0.05) is 0 Å². The molecule has 7 nitrogen and oxygen atoms in total. The molecule has 0 aliphatic heterocycles. The smallest absolute Gasteiger partial charge is 0.163 e. The molecule has 0 unspecified atom stereocenters. The number of carbonyl (C=O) groups is 1. The predicted octanol–water partition coefficient (Wildman–Crippen LogP) is 3.82. The van der Waals surface area contributed by atoms with E-state index in [1.54, 1.807) is 25.5 Å². The average molecular weight is 405 g/mol. The van der Waals surface area contributed by atoms with Crippen LogP contribution in [0.25, 0.3) is 22.3 Å². The van der Waals surface area contributed by atoms with E-state index in [4.69, 9.17) is 4.98 Å². The number of carbonyl (C=O) groups excluding carboxylic acids is 1. The summed E-state index contributed by atoms with van der Waals surface area (Å²) in [7, 11) is 4.27. The van der Waals surface area contributed by atoms with Crippen LogP contribution in [0.15, 0.2) is 37.1 Å². The van der Waals surface area contributed by atoms with Gasteiger partial charge in [0, 0.05) is 36.7 Å². The van der Waals surface area contributed by atoms with E-state index in [1.165, 1.54) is 19.2 Å². The Labute approximate surface area is 177 Å². The summed E-state index contributed by atoms with van der Waals surface area (Å²) in [6, 6.07) is 4.18. The zero-order chi connectivity index (χ0) is 21.1. The van der Waals surface area contributed by atoms with Crippen LogP contribution < -0.4 is 5.32 Å². The first-order chi connectivity index (χ1) is 14.5. The lowest BCUT2D eigenvalue weighted by atomic mass is 9.85. The minimum atomic E-state index is -0.0107. The zero-order valence-corrected chi connectivity index (χ0v) is 17.8. The second-order valence-corrected chi connectivity index (χ2v) is 8.42. The summed E-state index contributed by atoms with van der Waals surface area (Å²) >= 11 is 0. The van der Waals surface area contributed by atoms with Gasteiger partial charge >= 0.3 is 0 Å². The van der Waals surface area contributed by atoms with Gasteiger partial charge in [0.25, 0.3) is 0 Å². The van der Waals surface area contributed by atoms with Crippen molar-refractivity contribution in [2.45, 2.75) is 38.6 Å². The van der Waals surface area contributed by atoms with E-state index in [2.05, 4.69) is 39.3 Å². The van der Waals surface area contributed by atoms with Crippen LogP contribution in [0.2, 0.25) is 0 Å². The molecule has 3 aromatic heterocycles.